The Balaban J connectivity index is 0.000000174. The molecule has 3 N–H and O–H groups in total. The lowest BCUT2D eigenvalue weighted by molar-refractivity contribution is -0.0305. The van der Waals surface area contributed by atoms with Crippen LogP contribution in [-0.4, -0.2) is 136 Å². The number of morpholine rings is 2. The summed E-state index contributed by atoms with van der Waals surface area (Å²) in [6.45, 7) is 12.8. The number of nitrogens with zero attached hydrogens (tertiary/aromatic N) is 5. The number of sulfonamides is 2. The van der Waals surface area contributed by atoms with Crippen molar-refractivity contribution in [2.45, 2.75) is 48.1 Å². The molecule has 0 amide bonds. The van der Waals surface area contributed by atoms with Gasteiger partial charge in [0.1, 0.15) is 15.3 Å². The van der Waals surface area contributed by atoms with Crippen molar-refractivity contribution < 1.29 is 35.8 Å². The van der Waals surface area contributed by atoms with E-state index in [-0.39, 0.29) is 48.6 Å². The number of halogens is 2. The summed E-state index contributed by atoms with van der Waals surface area (Å²) in [5, 5.41) is 10.1. The molecule has 0 spiro atoms. The molecule has 4 saturated heterocycles. The summed E-state index contributed by atoms with van der Waals surface area (Å²) in [4.78, 5) is 8.66. The van der Waals surface area contributed by atoms with Gasteiger partial charge < -0.3 is 24.7 Å². The highest BCUT2D eigenvalue weighted by molar-refractivity contribution is 7.89. The van der Waals surface area contributed by atoms with Crippen LogP contribution in [0.15, 0.2) is 38.5 Å². The van der Waals surface area contributed by atoms with E-state index in [1.807, 2.05) is 20.8 Å². The highest BCUT2D eigenvalue weighted by Gasteiger charge is 2.40. The number of phenols is 1. The Morgan fingerprint density at radius 2 is 1.31 bits per heavy atom. The molecular formula is C31H42Cl2N6O8S2. The van der Waals surface area contributed by atoms with Crippen molar-refractivity contribution in [3.63, 3.8) is 0 Å². The fourth-order valence-corrected chi connectivity index (χ4v) is 10.6. The van der Waals surface area contributed by atoms with Gasteiger partial charge in [-0.15, -0.1) is 0 Å². The van der Waals surface area contributed by atoms with Crippen molar-refractivity contribution in [1.82, 2.24) is 23.4 Å². The summed E-state index contributed by atoms with van der Waals surface area (Å²) < 4.78 is 72.2. The predicted octanol–water partition coefficient (Wildman–Crippen LogP) is 2.82. The van der Waals surface area contributed by atoms with E-state index in [0.29, 0.717) is 77.1 Å². The van der Waals surface area contributed by atoms with Gasteiger partial charge in [-0.25, -0.2) is 21.8 Å². The number of hydrogen-bond acceptors (Lipinski definition) is 12. The van der Waals surface area contributed by atoms with Gasteiger partial charge in [-0.2, -0.15) is 8.61 Å². The second kappa shape index (κ2) is 14.1. The third kappa shape index (κ3) is 7.27. The number of oxazole rings is 1. The molecule has 7 rings (SSSR count). The van der Waals surface area contributed by atoms with Gasteiger partial charge in [0.2, 0.25) is 25.9 Å². The minimum absolute atomic E-state index is 0.00912. The molecule has 270 valence electrons. The molecule has 4 fully saturated rings. The van der Waals surface area contributed by atoms with Crippen molar-refractivity contribution >= 4 is 60.0 Å². The van der Waals surface area contributed by atoms with Crippen LogP contribution in [0.4, 0.5) is 5.69 Å². The van der Waals surface area contributed by atoms with Crippen LogP contribution in [0, 0.1) is 0 Å². The van der Waals surface area contributed by atoms with Crippen LogP contribution in [0.25, 0.3) is 11.1 Å². The number of benzene rings is 2. The Morgan fingerprint density at radius 3 is 1.86 bits per heavy atom. The first-order valence-corrected chi connectivity index (χ1v) is 19.7. The van der Waals surface area contributed by atoms with Gasteiger partial charge in [0.25, 0.3) is 0 Å². The Hall–Kier alpha value is -2.25. The maximum Gasteiger partial charge on any atom is 0.248 e. The number of anilines is 1. The molecule has 0 saturated carbocycles. The lowest BCUT2D eigenvalue weighted by atomic mass is 9.97. The number of aromatic nitrogens is 1. The van der Waals surface area contributed by atoms with Gasteiger partial charge in [-0.1, -0.05) is 44.0 Å². The second-order valence-electron chi connectivity index (χ2n) is 13.6. The molecule has 2 atom stereocenters. The van der Waals surface area contributed by atoms with E-state index in [1.165, 1.54) is 20.7 Å². The first-order valence-electron chi connectivity index (χ1n) is 16.1. The number of fused-ring (bicyclic) bond motifs is 3. The standard InChI is InChI=1S/C18H24ClN3O4S.C13H18ClN3O4S/c1-18(2,3)17-20-14-5-4-13(19)16(15(14)26-17)27(23,24)22-7-6-21-8-9-25-11-12(21)10-22;14-10-1-2-11(15)12(18)13(10)22(19,20)17-4-3-16-5-6-21-8-9(16)7-17/h4-5,12H,6-11H2,1-3H3;1-2,9,18H,3-8,15H2. The minimum atomic E-state index is -3.91. The number of hydrogen-bond donors (Lipinski definition) is 2. The van der Waals surface area contributed by atoms with E-state index in [9.17, 15) is 21.9 Å². The largest absolute Gasteiger partial charge is 0.504 e. The Kier molecular flexibility index (Phi) is 10.5. The average Bonchev–Trinajstić information content (AvgIpc) is 3.51. The van der Waals surface area contributed by atoms with E-state index in [0.717, 1.165) is 13.1 Å². The number of phenolic OH excluding ortho intramolecular Hbond substituents is 1. The quantitative estimate of drug-likeness (QED) is 0.295. The predicted molar refractivity (Wildman–Crippen MR) is 185 cm³/mol. The van der Waals surface area contributed by atoms with Crippen molar-refractivity contribution in [1.29, 1.82) is 0 Å². The molecular weight excluding hydrogens is 719 g/mol. The molecule has 14 nitrogen and oxygen atoms in total. The van der Waals surface area contributed by atoms with Crippen LogP contribution < -0.4 is 5.73 Å². The molecule has 0 radical (unpaired) electrons. The van der Waals surface area contributed by atoms with Crippen LogP contribution in [-0.2, 0) is 34.9 Å². The van der Waals surface area contributed by atoms with Crippen LogP contribution in [0.1, 0.15) is 26.7 Å². The summed E-state index contributed by atoms with van der Waals surface area (Å²) >= 11 is 12.3. The Morgan fingerprint density at radius 1 is 0.796 bits per heavy atom. The maximum absolute atomic E-state index is 13.4. The Bertz CT molecular complexity index is 1920. The van der Waals surface area contributed by atoms with Crippen LogP contribution in [0.5, 0.6) is 5.75 Å². The van der Waals surface area contributed by atoms with Crippen molar-refractivity contribution in [2.24, 2.45) is 0 Å². The highest BCUT2D eigenvalue weighted by atomic mass is 35.5. The summed E-state index contributed by atoms with van der Waals surface area (Å²) in [6.07, 6.45) is 0. The molecule has 2 aromatic carbocycles. The molecule has 49 heavy (non-hydrogen) atoms. The smallest absolute Gasteiger partial charge is 0.248 e. The monoisotopic (exact) mass is 760 g/mol. The van der Waals surface area contributed by atoms with Crippen LogP contribution >= 0.6 is 23.2 Å². The topological polar surface area (TPSA) is 172 Å². The number of aromatic hydroxyl groups is 1. The summed E-state index contributed by atoms with van der Waals surface area (Å²) in [5.41, 5.74) is 5.99. The van der Waals surface area contributed by atoms with Crippen LogP contribution in [0.3, 0.4) is 0 Å². The number of piperazine rings is 2. The third-order valence-electron chi connectivity index (χ3n) is 9.22. The van der Waals surface area contributed by atoms with Gasteiger partial charge in [-0.05, 0) is 24.3 Å². The minimum Gasteiger partial charge on any atom is -0.504 e. The van der Waals surface area contributed by atoms with Gasteiger partial charge in [-0.3, -0.25) is 9.80 Å². The zero-order valence-electron chi connectivity index (χ0n) is 27.6. The molecule has 18 heteroatoms. The lowest BCUT2D eigenvalue weighted by Crippen LogP contribution is -2.59. The Labute approximate surface area is 296 Å². The number of nitrogens with two attached hydrogens (primary N) is 1. The van der Waals surface area contributed by atoms with Gasteiger partial charge in [0.15, 0.2) is 11.3 Å². The molecule has 4 aliphatic heterocycles. The average molecular weight is 762 g/mol. The van der Waals surface area contributed by atoms with Crippen LogP contribution in [0.2, 0.25) is 10.0 Å². The maximum atomic E-state index is 13.4. The molecule has 4 aliphatic rings. The molecule has 0 aliphatic carbocycles. The fourth-order valence-electron chi connectivity index (χ4n) is 6.44. The normalized spacial score (nSPS) is 23.4. The third-order valence-corrected chi connectivity index (χ3v) is 13.9. The zero-order chi connectivity index (χ0) is 35.3. The van der Waals surface area contributed by atoms with Crippen molar-refractivity contribution in [3.8, 4) is 5.75 Å². The van der Waals surface area contributed by atoms with Gasteiger partial charge in [0, 0.05) is 69.9 Å². The highest BCUT2D eigenvalue weighted by Crippen LogP contribution is 2.38. The molecule has 2 unspecified atom stereocenters. The second-order valence-corrected chi connectivity index (χ2v) is 18.1. The SMILES string of the molecule is CC(C)(C)c1nc2ccc(Cl)c(S(=O)(=O)N3CCN4CCOCC4C3)c2o1.Nc1ccc(Cl)c(S(=O)(=O)N2CCN3CCOCC3C2)c1O. The molecule has 5 heterocycles. The van der Waals surface area contributed by atoms with E-state index in [4.69, 9.17) is 42.8 Å². The van der Waals surface area contributed by atoms with E-state index in [1.54, 1.807) is 12.1 Å². The van der Waals surface area contributed by atoms with Crippen molar-refractivity contribution in [3.05, 3.63) is 40.2 Å². The number of nitrogen functional groups attached to an aromatic ring is 1. The zero-order valence-corrected chi connectivity index (χ0v) is 30.8. The van der Waals surface area contributed by atoms with E-state index >= 15 is 0 Å². The van der Waals surface area contributed by atoms with E-state index in [2.05, 4.69) is 14.8 Å². The first kappa shape index (κ1) is 36.5. The molecule has 3 aromatic rings. The fraction of sp³-hybridized carbons (Fsp3) is 0.581. The molecule has 0 bridgehead atoms. The number of ether oxygens (including phenoxy) is 2. The number of rotatable bonds is 4. The first-order chi connectivity index (χ1) is 23.1. The van der Waals surface area contributed by atoms with Crippen molar-refractivity contribution in [2.75, 3.05) is 84.5 Å². The summed E-state index contributed by atoms with van der Waals surface area (Å²) in [5.74, 6) is -0.00320. The van der Waals surface area contributed by atoms with E-state index < -0.39 is 25.8 Å². The lowest BCUT2D eigenvalue weighted by Gasteiger charge is -2.43. The van der Waals surface area contributed by atoms with Gasteiger partial charge in [0.05, 0.1) is 42.2 Å². The summed E-state index contributed by atoms with van der Waals surface area (Å²) in [7, 11) is -7.72. The molecule has 1 aromatic heterocycles. The van der Waals surface area contributed by atoms with Gasteiger partial charge >= 0.3 is 0 Å². The summed E-state index contributed by atoms with van der Waals surface area (Å²) in [6, 6.07) is 6.13.